The first-order valence-corrected chi connectivity index (χ1v) is 3.44. The molecule has 1 unspecified atom stereocenters. The van der Waals surface area contributed by atoms with Crippen molar-refractivity contribution in [2.45, 2.75) is 12.8 Å². The zero-order valence-corrected chi connectivity index (χ0v) is 6.49. The average Bonchev–Trinajstić information content (AvgIpc) is 2.03. The molecule has 1 N–H and O–H groups in total. The van der Waals surface area contributed by atoms with Crippen molar-refractivity contribution in [3.05, 3.63) is 29.8 Å². The van der Waals surface area contributed by atoms with E-state index in [1.165, 1.54) is 19.2 Å². The van der Waals surface area contributed by atoms with Crippen LogP contribution in [0.1, 0.15) is 18.4 Å². The molecule has 0 saturated carbocycles. The van der Waals surface area contributed by atoms with Crippen LogP contribution in [0, 0.1) is 5.82 Å². The molecular weight excluding hydrogens is 161 g/mol. The number of nitrogens with zero attached hydrogens (tertiary/aromatic N) is 1. The Morgan fingerprint density at radius 3 is 2.83 bits per heavy atom. The van der Waals surface area contributed by atoms with Crippen molar-refractivity contribution in [3.8, 4) is 0 Å². The summed E-state index contributed by atoms with van der Waals surface area (Å²) in [4.78, 5) is 14.0. The molecule has 0 amide bonds. The van der Waals surface area contributed by atoms with Gasteiger partial charge in [0.2, 0.25) is 0 Å². The Morgan fingerprint density at radius 1 is 1.67 bits per heavy atom. The fraction of sp³-hybridized carbons (Fsp3) is 0.250. The Kier molecular flexibility index (Phi) is 2.38. The maximum atomic E-state index is 12.5. The van der Waals surface area contributed by atoms with E-state index in [2.05, 4.69) is 4.98 Å². The highest BCUT2D eigenvalue weighted by Gasteiger charge is 2.13. The lowest BCUT2D eigenvalue weighted by molar-refractivity contribution is -0.138. The molecule has 0 fully saturated rings. The number of hydrogen-bond donors (Lipinski definition) is 1. The van der Waals surface area contributed by atoms with Crippen LogP contribution in [-0.2, 0) is 4.79 Å². The van der Waals surface area contributed by atoms with E-state index in [0.717, 1.165) is 6.20 Å². The molecule has 4 heteroatoms. The summed E-state index contributed by atoms with van der Waals surface area (Å²) >= 11 is 0. The number of halogens is 1. The fourth-order valence-electron chi connectivity index (χ4n) is 0.808. The van der Waals surface area contributed by atoms with Crippen LogP contribution in [-0.4, -0.2) is 16.1 Å². The average molecular weight is 169 g/mol. The van der Waals surface area contributed by atoms with Crippen molar-refractivity contribution < 1.29 is 14.3 Å². The van der Waals surface area contributed by atoms with E-state index >= 15 is 0 Å². The number of aromatic nitrogens is 1. The Hall–Kier alpha value is -1.45. The minimum Gasteiger partial charge on any atom is -0.481 e. The quantitative estimate of drug-likeness (QED) is 0.728. The van der Waals surface area contributed by atoms with Gasteiger partial charge >= 0.3 is 5.97 Å². The van der Waals surface area contributed by atoms with Crippen LogP contribution in [0.25, 0.3) is 0 Å². The van der Waals surface area contributed by atoms with Crippen LogP contribution in [0.2, 0.25) is 0 Å². The summed E-state index contributed by atoms with van der Waals surface area (Å²) in [6, 6.07) is 1.17. The summed E-state index contributed by atoms with van der Waals surface area (Å²) in [5, 5.41) is 8.58. The summed E-state index contributed by atoms with van der Waals surface area (Å²) in [6.45, 7) is 1.48. The van der Waals surface area contributed by atoms with Crippen LogP contribution in [0.5, 0.6) is 0 Å². The summed E-state index contributed by atoms with van der Waals surface area (Å²) in [7, 11) is 0. The lowest BCUT2D eigenvalue weighted by Gasteiger charge is -2.04. The molecule has 12 heavy (non-hydrogen) atoms. The summed E-state index contributed by atoms with van der Waals surface area (Å²) < 4.78 is 12.5. The highest BCUT2D eigenvalue weighted by molar-refractivity contribution is 5.75. The standard InChI is InChI=1S/C8H8FNO2/c1-5(8(11)12)6-2-7(9)4-10-3-6/h2-5H,1H3,(H,11,12). The molecular formula is C8H8FNO2. The van der Waals surface area contributed by atoms with Crippen LogP contribution < -0.4 is 0 Å². The number of carboxylic acids is 1. The van der Waals surface area contributed by atoms with Gasteiger partial charge in [0.25, 0.3) is 0 Å². The van der Waals surface area contributed by atoms with Gasteiger partial charge < -0.3 is 5.11 Å². The van der Waals surface area contributed by atoms with Gasteiger partial charge in [0.1, 0.15) is 5.82 Å². The smallest absolute Gasteiger partial charge is 0.310 e. The Balaban J connectivity index is 2.95. The molecule has 1 heterocycles. The number of carbonyl (C=O) groups is 1. The third kappa shape index (κ3) is 1.78. The number of rotatable bonds is 2. The Morgan fingerprint density at radius 2 is 2.33 bits per heavy atom. The predicted molar refractivity (Wildman–Crippen MR) is 40.2 cm³/mol. The lowest BCUT2D eigenvalue weighted by Crippen LogP contribution is -2.07. The molecule has 1 atom stereocenters. The fourth-order valence-corrected chi connectivity index (χ4v) is 0.808. The highest BCUT2D eigenvalue weighted by atomic mass is 19.1. The van der Waals surface area contributed by atoms with Crippen molar-refractivity contribution in [1.29, 1.82) is 0 Å². The van der Waals surface area contributed by atoms with Crippen molar-refractivity contribution >= 4 is 5.97 Å². The van der Waals surface area contributed by atoms with Crippen LogP contribution >= 0.6 is 0 Å². The van der Waals surface area contributed by atoms with Gasteiger partial charge in [-0.25, -0.2) is 4.39 Å². The normalized spacial score (nSPS) is 12.5. The van der Waals surface area contributed by atoms with Crippen molar-refractivity contribution in [3.63, 3.8) is 0 Å². The topological polar surface area (TPSA) is 50.2 Å². The minimum absolute atomic E-state index is 0.377. The summed E-state index contributed by atoms with van der Waals surface area (Å²) in [6.07, 6.45) is 2.39. The monoisotopic (exact) mass is 169 g/mol. The van der Waals surface area contributed by atoms with Gasteiger partial charge in [0.05, 0.1) is 12.1 Å². The SMILES string of the molecule is CC(C(=O)O)c1cncc(F)c1. The van der Waals surface area contributed by atoms with E-state index in [1.807, 2.05) is 0 Å². The van der Waals surface area contributed by atoms with E-state index in [-0.39, 0.29) is 0 Å². The minimum atomic E-state index is -0.984. The highest BCUT2D eigenvalue weighted by Crippen LogP contribution is 2.14. The molecule has 64 valence electrons. The zero-order valence-electron chi connectivity index (χ0n) is 6.49. The second kappa shape index (κ2) is 3.30. The molecule has 3 nitrogen and oxygen atoms in total. The van der Waals surface area contributed by atoms with E-state index < -0.39 is 17.7 Å². The van der Waals surface area contributed by atoms with Gasteiger partial charge in [0.15, 0.2) is 0 Å². The van der Waals surface area contributed by atoms with Gasteiger partial charge in [-0.1, -0.05) is 0 Å². The first-order valence-electron chi connectivity index (χ1n) is 3.44. The maximum Gasteiger partial charge on any atom is 0.310 e. The second-order valence-electron chi connectivity index (χ2n) is 2.50. The summed E-state index contributed by atoms with van der Waals surface area (Å²) in [5.74, 6) is -2.21. The largest absolute Gasteiger partial charge is 0.481 e. The number of carboxylic acid groups (broad SMARTS) is 1. The van der Waals surface area contributed by atoms with Crippen LogP contribution in [0.4, 0.5) is 4.39 Å². The van der Waals surface area contributed by atoms with E-state index in [4.69, 9.17) is 5.11 Å². The second-order valence-corrected chi connectivity index (χ2v) is 2.50. The van der Waals surface area contributed by atoms with E-state index in [0.29, 0.717) is 5.56 Å². The molecule has 1 rings (SSSR count). The van der Waals surface area contributed by atoms with Crippen molar-refractivity contribution in [2.75, 3.05) is 0 Å². The van der Waals surface area contributed by atoms with Crippen LogP contribution in [0.3, 0.4) is 0 Å². The molecule has 0 aliphatic heterocycles. The molecule has 0 spiro atoms. The number of pyridine rings is 1. The molecule has 1 aromatic rings. The molecule has 0 radical (unpaired) electrons. The predicted octanol–water partition coefficient (Wildman–Crippen LogP) is 1.41. The molecule has 1 aromatic heterocycles. The molecule has 0 aromatic carbocycles. The third-order valence-electron chi connectivity index (χ3n) is 1.60. The molecule has 0 aliphatic carbocycles. The Bertz CT molecular complexity index is 301. The van der Waals surface area contributed by atoms with Crippen molar-refractivity contribution in [2.24, 2.45) is 0 Å². The van der Waals surface area contributed by atoms with Crippen LogP contribution in [0.15, 0.2) is 18.5 Å². The molecule has 0 bridgehead atoms. The lowest BCUT2D eigenvalue weighted by atomic mass is 10.0. The number of aliphatic carboxylic acids is 1. The summed E-state index contributed by atoms with van der Waals surface area (Å²) in [5.41, 5.74) is 0.377. The van der Waals surface area contributed by atoms with Gasteiger partial charge in [0, 0.05) is 6.20 Å². The van der Waals surface area contributed by atoms with Gasteiger partial charge in [-0.3, -0.25) is 9.78 Å². The van der Waals surface area contributed by atoms with Gasteiger partial charge in [-0.2, -0.15) is 0 Å². The zero-order chi connectivity index (χ0) is 9.14. The third-order valence-corrected chi connectivity index (χ3v) is 1.60. The first kappa shape index (κ1) is 8.64. The van der Waals surface area contributed by atoms with Crippen molar-refractivity contribution in [1.82, 2.24) is 4.98 Å². The number of hydrogen-bond acceptors (Lipinski definition) is 2. The Labute approximate surface area is 68.9 Å². The molecule has 0 saturated heterocycles. The van der Waals surface area contributed by atoms with Gasteiger partial charge in [-0.15, -0.1) is 0 Å². The first-order chi connectivity index (χ1) is 5.61. The van der Waals surface area contributed by atoms with E-state index in [1.54, 1.807) is 0 Å². The molecule has 0 aliphatic rings. The van der Waals surface area contributed by atoms with E-state index in [9.17, 15) is 9.18 Å². The maximum absolute atomic E-state index is 12.5. The van der Waals surface area contributed by atoms with Gasteiger partial charge in [-0.05, 0) is 18.6 Å².